The number of anilines is 1. The lowest BCUT2D eigenvalue weighted by Gasteiger charge is -2.19. The van der Waals surface area contributed by atoms with Crippen molar-refractivity contribution in [1.82, 2.24) is 15.2 Å². The standard InChI is InChI=1S/C19H21F3N4O2S/c1-26-9-3-6-14(26)7-8-23-17(28)15-11-29-18(24-15)25-16(27)12-4-2-5-13(10-12)19(20,21)22/h2,4-5,10-11,14H,3,6-9H2,1H3,(H,23,28)(H,24,25,27)/t14-/m0/s1. The third-order valence-corrected chi connectivity index (χ3v) is 5.60. The zero-order valence-corrected chi connectivity index (χ0v) is 16.6. The summed E-state index contributed by atoms with van der Waals surface area (Å²) >= 11 is 1.04. The van der Waals surface area contributed by atoms with E-state index >= 15 is 0 Å². The lowest BCUT2D eigenvalue weighted by Crippen LogP contribution is -2.31. The van der Waals surface area contributed by atoms with Gasteiger partial charge < -0.3 is 10.2 Å². The minimum Gasteiger partial charge on any atom is -0.351 e. The third-order valence-electron chi connectivity index (χ3n) is 4.84. The van der Waals surface area contributed by atoms with E-state index in [4.69, 9.17) is 0 Å². The molecule has 2 amide bonds. The van der Waals surface area contributed by atoms with Gasteiger partial charge in [0.25, 0.3) is 11.8 Å². The van der Waals surface area contributed by atoms with E-state index in [1.807, 2.05) is 0 Å². The number of aromatic nitrogens is 1. The van der Waals surface area contributed by atoms with E-state index in [9.17, 15) is 22.8 Å². The van der Waals surface area contributed by atoms with E-state index in [0.29, 0.717) is 12.6 Å². The van der Waals surface area contributed by atoms with Crippen molar-refractivity contribution in [2.24, 2.45) is 0 Å². The Morgan fingerprint density at radius 1 is 1.31 bits per heavy atom. The van der Waals surface area contributed by atoms with Gasteiger partial charge in [-0.3, -0.25) is 14.9 Å². The van der Waals surface area contributed by atoms with Crippen molar-refractivity contribution in [3.63, 3.8) is 0 Å². The predicted octanol–water partition coefficient (Wildman–Crippen LogP) is 3.63. The van der Waals surface area contributed by atoms with Gasteiger partial charge in [-0.2, -0.15) is 13.2 Å². The van der Waals surface area contributed by atoms with Crippen LogP contribution in [0.15, 0.2) is 29.6 Å². The molecule has 1 saturated heterocycles. The summed E-state index contributed by atoms with van der Waals surface area (Å²) in [5.74, 6) is -1.07. The lowest BCUT2D eigenvalue weighted by atomic mass is 10.1. The highest BCUT2D eigenvalue weighted by atomic mass is 32.1. The molecule has 156 valence electrons. The number of hydrogen-bond acceptors (Lipinski definition) is 5. The number of nitrogens with one attached hydrogen (secondary N) is 2. The van der Waals surface area contributed by atoms with Crippen molar-refractivity contribution in [2.45, 2.75) is 31.5 Å². The summed E-state index contributed by atoms with van der Waals surface area (Å²) < 4.78 is 38.3. The molecular formula is C19H21F3N4O2S. The van der Waals surface area contributed by atoms with Crippen LogP contribution in [0, 0.1) is 0 Å². The van der Waals surface area contributed by atoms with Crippen LogP contribution >= 0.6 is 11.3 Å². The first-order valence-corrected chi connectivity index (χ1v) is 10.0. The van der Waals surface area contributed by atoms with Crippen molar-refractivity contribution in [3.05, 3.63) is 46.5 Å². The number of thiazole rings is 1. The van der Waals surface area contributed by atoms with E-state index in [2.05, 4.69) is 27.6 Å². The summed E-state index contributed by atoms with van der Waals surface area (Å²) in [6.45, 7) is 1.59. The summed E-state index contributed by atoms with van der Waals surface area (Å²) in [6, 6.07) is 4.59. The van der Waals surface area contributed by atoms with Crippen LogP contribution in [0.2, 0.25) is 0 Å². The Morgan fingerprint density at radius 3 is 2.79 bits per heavy atom. The van der Waals surface area contributed by atoms with E-state index in [0.717, 1.165) is 49.3 Å². The molecule has 0 spiro atoms. The van der Waals surface area contributed by atoms with Crippen LogP contribution in [0.4, 0.5) is 18.3 Å². The maximum Gasteiger partial charge on any atom is 0.416 e. The Hall–Kier alpha value is -2.46. The molecule has 0 radical (unpaired) electrons. The highest BCUT2D eigenvalue weighted by molar-refractivity contribution is 7.14. The van der Waals surface area contributed by atoms with Gasteiger partial charge in [-0.1, -0.05) is 6.07 Å². The number of amides is 2. The van der Waals surface area contributed by atoms with E-state index in [1.54, 1.807) is 0 Å². The van der Waals surface area contributed by atoms with E-state index in [1.165, 1.54) is 17.5 Å². The number of carbonyl (C=O) groups is 2. The van der Waals surface area contributed by atoms with Gasteiger partial charge in [-0.15, -0.1) is 11.3 Å². The van der Waals surface area contributed by atoms with Crippen LogP contribution in [0.25, 0.3) is 0 Å². The van der Waals surface area contributed by atoms with E-state index in [-0.39, 0.29) is 22.3 Å². The molecule has 1 aromatic heterocycles. The second-order valence-corrected chi connectivity index (χ2v) is 7.75. The normalized spacial score (nSPS) is 17.3. The Morgan fingerprint density at radius 2 is 2.10 bits per heavy atom. The largest absolute Gasteiger partial charge is 0.416 e. The summed E-state index contributed by atoms with van der Waals surface area (Å²) in [5, 5.41) is 6.89. The maximum absolute atomic E-state index is 12.8. The molecule has 6 nitrogen and oxygen atoms in total. The molecule has 2 aromatic rings. The highest BCUT2D eigenvalue weighted by Gasteiger charge is 2.31. The number of nitrogens with zero attached hydrogens (tertiary/aromatic N) is 2. The molecule has 29 heavy (non-hydrogen) atoms. The molecule has 0 aliphatic carbocycles. The second-order valence-electron chi connectivity index (χ2n) is 6.89. The number of hydrogen-bond donors (Lipinski definition) is 2. The van der Waals surface area contributed by atoms with Gasteiger partial charge in [0, 0.05) is 23.5 Å². The Labute approximate surface area is 170 Å². The first-order valence-electron chi connectivity index (χ1n) is 9.16. The lowest BCUT2D eigenvalue weighted by molar-refractivity contribution is -0.137. The van der Waals surface area contributed by atoms with Crippen LogP contribution in [-0.4, -0.2) is 47.9 Å². The Kier molecular flexibility index (Phi) is 6.53. The van der Waals surface area contributed by atoms with Crippen molar-refractivity contribution in [1.29, 1.82) is 0 Å². The van der Waals surface area contributed by atoms with Gasteiger partial charge in [0.05, 0.1) is 5.56 Å². The minimum atomic E-state index is -4.53. The van der Waals surface area contributed by atoms with Gasteiger partial charge in [0.1, 0.15) is 5.69 Å². The van der Waals surface area contributed by atoms with Gasteiger partial charge >= 0.3 is 6.18 Å². The highest BCUT2D eigenvalue weighted by Crippen LogP contribution is 2.29. The fourth-order valence-electron chi connectivity index (χ4n) is 3.23. The van der Waals surface area contributed by atoms with Crippen molar-refractivity contribution >= 4 is 28.3 Å². The van der Waals surface area contributed by atoms with Crippen LogP contribution in [0.1, 0.15) is 45.7 Å². The fraction of sp³-hybridized carbons (Fsp3) is 0.421. The van der Waals surface area contributed by atoms with Gasteiger partial charge in [0.2, 0.25) is 0 Å². The third kappa shape index (κ3) is 5.54. The molecule has 1 atom stereocenters. The summed E-state index contributed by atoms with van der Waals surface area (Å²) in [6.07, 6.45) is -1.40. The summed E-state index contributed by atoms with van der Waals surface area (Å²) in [4.78, 5) is 30.7. The monoisotopic (exact) mass is 426 g/mol. The summed E-state index contributed by atoms with van der Waals surface area (Å²) in [5.41, 5.74) is -0.881. The number of halogens is 3. The number of alkyl halides is 3. The topological polar surface area (TPSA) is 74.3 Å². The van der Waals surface area contributed by atoms with Crippen LogP contribution in [-0.2, 0) is 6.18 Å². The van der Waals surface area contributed by atoms with Crippen molar-refractivity contribution < 1.29 is 22.8 Å². The molecule has 2 heterocycles. The van der Waals surface area contributed by atoms with Gasteiger partial charge in [-0.05, 0) is 51.1 Å². The molecular weight excluding hydrogens is 405 g/mol. The quantitative estimate of drug-likeness (QED) is 0.740. The Bertz CT molecular complexity index is 884. The number of carbonyl (C=O) groups excluding carboxylic acids is 2. The van der Waals surface area contributed by atoms with Gasteiger partial charge in [0.15, 0.2) is 5.13 Å². The van der Waals surface area contributed by atoms with E-state index < -0.39 is 17.6 Å². The summed E-state index contributed by atoms with van der Waals surface area (Å²) in [7, 11) is 2.07. The van der Waals surface area contributed by atoms with Crippen LogP contribution in [0.5, 0.6) is 0 Å². The molecule has 1 fully saturated rings. The first kappa shape index (κ1) is 21.3. The molecule has 0 bridgehead atoms. The number of rotatable bonds is 6. The molecule has 3 rings (SSSR count). The second kappa shape index (κ2) is 8.91. The van der Waals surface area contributed by atoms with Gasteiger partial charge in [-0.25, -0.2) is 4.98 Å². The number of likely N-dealkylation sites (tertiary alicyclic amines) is 1. The van der Waals surface area contributed by atoms with Crippen LogP contribution < -0.4 is 10.6 Å². The smallest absolute Gasteiger partial charge is 0.351 e. The zero-order valence-electron chi connectivity index (χ0n) is 15.8. The molecule has 1 aliphatic heterocycles. The SMILES string of the molecule is CN1CCC[C@H]1CCNC(=O)c1csc(NC(=O)c2cccc(C(F)(F)F)c2)n1. The average Bonchev–Trinajstić information content (AvgIpc) is 3.30. The van der Waals surface area contributed by atoms with Crippen molar-refractivity contribution in [2.75, 3.05) is 25.5 Å². The maximum atomic E-state index is 12.8. The molecule has 1 aliphatic rings. The zero-order chi connectivity index (χ0) is 21.0. The molecule has 0 unspecified atom stereocenters. The fourth-order valence-corrected chi connectivity index (χ4v) is 3.91. The predicted molar refractivity (Wildman–Crippen MR) is 104 cm³/mol. The average molecular weight is 426 g/mol. The molecule has 0 saturated carbocycles. The Balaban J connectivity index is 1.54. The molecule has 2 N–H and O–H groups in total. The number of benzene rings is 1. The minimum absolute atomic E-state index is 0.137. The van der Waals surface area contributed by atoms with Crippen LogP contribution in [0.3, 0.4) is 0 Å². The molecule has 1 aromatic carbocycles. The van der Waals surface area contributed by atoms with Crippen molar-refractivity contribution in [3.8, 4) is 0 Å². The first-order chi connectivity index (χ1) is 13.7. The molecule has 10 heteroatoms.